The van der Waals surface area contributed by atoms with Gasteiger partial charge in [0.25, 0.3) is 0 Å². The fourth-order valence-electron chi connectivity index (χ4n) is 4.04. The zero-order chi connectivity index (χ0) is 22.6. The molecule has 164 valence electrons. The zero-order valence-corrected chi connectivity index (χ0v) is 19.4. The van der Waals surface area contributed by atoms with Crippen molar-refractivity contribution in [3.8, 4) is 11.1 Å². The van der Waals surface area contributed by atoms with Gasteiger partial charge < -0.3 is 4.57 Å². The standard InChI is InChI=1S/C28H34FNO/c1-20(2)30-24-13-11-10-12-23(24)27(21-16-18-22(29)19-17-21)25(30)14-8-6-7-9-15-26(31)28(3,4)5/h8,10-14,16-20H,6-7,9,15H2,1-5H3/b14-8+. The highest BCUT2D eigenvalue weighted by Gasteiger charge is 2.20. The van der Waals surface area contributed by atoms with Crippen LogP contribution >= 0.6 is 0 Å². The van der Waals surface area contributed by atoms with E-state index in [0.717, 1.165) is 36.1 Å². The minimum Gasteiger partial charge on any atom is -0.338 e. The molecule has 1 aromatic heterocycles. The molecule has 0 amide bonds. The molecule has 3 rings (SSSR count). The molecule has 2 aromatic carbocycles. The van der Waals surface area contributed by atoms with E-state index in [0.29, 0.717) is 18.2 Å². The molecule has 3 aromatic rings. The Labute approximate surface area is 185 Å². The van der Waals surface area contributed by atoms with Crippen molar-refractivity contribution in [1.82, 2.24) is 4.57 Å². The Morgan fingerprint density at radius 3 is 2.35 bits per heavy atom. The van der Waals surface area contributed by atoms with Gasteiger partial charge in [-0.25, -0.2) is 4.39 Å². The fraction of sp³-hybridized carbons (Fsp3) is 0.393. The van der Waals surface area contributed by atoms with Crippen molar-refractivity contribution in [3.05, 3.63) is 66.1 Å². The van der Waals surface area contributed by atoms with Crippen LogP contribution < -0.4 is 0 Å². The number of benzene rings is 2. The summed E-state index contributed by atoms with van der Waals surface area (Å²) in [5.74, 6) is 0.105. The number of allylic oxidation sites excluding steroid dienone is 1. The number of halogens is 1. The van der Waals surface area contributed by atoms with Crippen LogP contribution in [-0.2, 0) is 4.79 Å². The van der Waals surface area contributed by atoms with Crippen molar-refractivity contribution in [2.24, 2.45) is 5.41 Å². The molecule has 0 bridgehead atoms. The summed E-state index contributed by atoms with van der Waals surface area (Å²) in [7, 11) is 0. The van der Waals surface area contributed by atoms with Gasteiger partial charge in [0.2, 0.25) is 0 Å². The van der Waals surface area contributed by atoms with Gasteiger partial charge in [-0.1, -0.05) is 57.2 Å². The Morgan fingerprint density at radius 1 is 1.03 bits per heavy atom. The number of unbranched alkanes of at least 4 members (excludes halogenated alkanes) is 2. The maximum atomic E-state index is 13.6. The predicted octanol–water partition coefficient (Wildman–Crippen LogP) is 8.22. The maximum absolute atomic E-state index is 13.6. The summed E-state index contributed by atoms with van der Waals surface area (Å²) in [4.78, 5) is 12.1. The molecule has 0 fully saturated rings. The van der Waals surface area contributed by atoms with E-state index in [9.17, 15) is 9.18 Å². The van der Waals surface area contributed by atoms with E-state index < -0.39 is 0 Å². The lowest BCUT2D eigenvalue weighted by atomic mass is 9.88. The summed E-state index contributed by atoms with van der Waals surface area (Å²) in [5, 5.41) is 1.18. The molecule has 0 unspecified atom stereocenters. The normalized spacial score (nSPS) is 12.4. The van der Waals surface area contributed by atoms with Crippen LogP contribution in [0.1, 0.15) is 72.0 Å². The zero-order valence-electron chi connectivity index (χ0n) is 19.4. The number of hydrogen-bond acceptors (Lipinski definition) is 1. The summed E-state index contributed by atoms with van der Waals surface area (Å²) >= 11 is 0. The molecule has 31 heavy (non-hydrogen) atoms. The third-order valence-corrected chi connectivity index (χ3v) is 5.73. The largest absolute Gasteiger partial charge is 0.338 e. The van der Waals surface area contributed by atoms with Gasteiger partial charge in [0.05, 0.1) is 0 Å². The smallest absolute Gasteiger partial charge is 0.138 e. The lowest BCUT2D eigenvalue weighted by Gasteiger charge is -2.16. The molecule has 2 nitrogen and oxygen atoms in total. The third-order valence-electron chi connectivity index (χ3n) is 5.73. The van der Waals surface area contributed by atoms with Gasteiger partial charge in [-0.3, -0.25) is 4.79 Å². The van der Waals surface area contributed by atoms with E-state index >= 15 is 0 Å². The second-order valence-corrected chi connectivity index (χ2v) is 9.57. The predicted molar refractivity (Wildman–Crippen MR) is 130 cm³/mol. The van der Waals surface area contributed by atoms with Crippen molar-refractivity contribution in [2.45, 2.75) is 66.3 Å². The molecule has 0 saturated carbocycles. The number of para-hydroxylation sites is 1. The number of ketones is 1. The number of Topliss-reactive ketones (excluding diaryl/α,β-unsaturated/α-hetero) is 1. The number of fused-ring (bicyclic) bond motifs is 1. The summed E-state index contributed by atoms with van der Waals surface area (Å²) in [5.41, 5.74) is 4.25. The molecular formula is C28H34FNO. The quantitative estimate of drug-likeness (QED) is 0.337. The van der Waals surface area contributed by atoms with Gasteiger partial charge in [0.15, 0.2) is 0 Å². The van der Waals surface area contributed by atoms with Crippen LogP contribution in [-0.4, -0.2) is 10.4 Å². The van der Waals surface area contributed by atoms with Crippen molar-refractivity contribution in [1.29, 1.82) is 0 Å². The van der Waals surface area contributed by atoms with Gasteiger partial charge in [0, 0.05) is 40.0 Å². The van der Waals surface area contributed by atoms with E-state index in [2.05, 4.69) is 54.8 Å². The minimum atomic E-state index is -0.252. The first-order valence-electron chi connectivity index (χ1n) is 11.3. The number of carbonyl (C=O) groups excluding carboxylic acids is 1. The van der Waals surface area contributed by atoms with Gasteiger partial charge in [0.1, 0.15) is 11.6 Å². The van der Waals surface area contributed by atoms with Crippen molar-refractivity contribution < 1.29 is 9.18 Å². The Morgan fingerprint density at radius 2 is 1.71 bits per heavy atom. The number of carbonyl (C=O) groups is 1. The van der Waals surface area contributed by atoms with Crippen LogP contribution in [0.25, 0.3) is 28.1 Å². The Kier molecular flexibility index (Phi) is 7.15. The monoisotopic (exact) mass is 419 g/mol. The molecule has 0 N–H and O–H groups in total. The van der Waals surface area contributed by atoms with Crippen LogP contribution in [0.4, 0.5) is 4.39 Å². The first-order chi connectivity index (χ1) is 14.7. The molecule has 0 aliphatic heterocycles. The summed E-state index contributed by atoms with van der Waals surface area (Å²) in [6.45, 7) is 10.3. The van der Waals surface area contributed by atoms with E-state index in [1.807, 2.05) is 32.9 Å². The lowest BCUT2D eigenvalue weighted by molar-refractivity contribution is -0.126. The highest BCUT2D eigenvalue weighted by molar-refractivity contribution is 6.01. The fourth-order valence-corrected chi connectivity index (χ4v) is 4.04. The van der Waals surface area contributed by atoms with E-state index in [-0.39, 0.29) is 11.2 Å². The van der Waals surface area contributed by atoms with Crippen molar-refractivity contribution in [3.63, 3.8) is 0 Å². The van der Waals surface area contributed by atoms with Crippen LogP contribution in [0.15, 0.2) is 54.6 Å². The van der Waals surface area contributed by atoms with E-state index in [1.165, 1.54) is 23.0 Å². The number of rotatable bonds is 8. The minimum absolute atomic E-state index is 0.224. The Hall–Kier alpha value is -2.68. The second-order valence-electron chi connectivity index (χ2n) is 9.57. The van der Waals surface area contributed by atoms with Gasteiger partial charge in [-0.05, 0) is 62.9 Å². The summed E-state index contributed by atoms with van der Waals surface area (Å²) < 4.78 is 15.9. The third kappa shape index (κ3) is 5.33. The first-order valence-corrected chi connectivity index (χ1v) is 11.3. The highest BCUT2D eigenvalue weighted by atomic mass is 19.1. The van der Waals surface area contributed by atoms with E-state index in [4.69, 9.17) is 0 Å². The summed E-state index contributed by atoms with van der Waals surface area (Å²) in [6.07, 6.45) is 7.89. The molecule has 1 heterocycles. The van der Waals surface area contributed by atoms with Gasteiger partial charge >= 0.3 is 0 Å². The number of aromatic nitrogens is 1. The molecule has 0 aliphatic carbocycles. The topological polar surface area (TPSA) is 22.0 Å². The van der Waals surface area contributed by atoms with Crippen LogP contribution in [0.2, 0.25) is 0 Å². The Balaban J connectivity index is 1.89. The SMILES string of the molecule is CC(C)n1c(/C=C/CCCCC(=O)C(C)(C)C)c(-c2ccc(F)cc2)c2ccccc21. The number of hydrogen-bond donors (Lipinski definition) is 0. The van der Waals surface area contributed by atoms with Crippen LogP contribution in [0, 0.1) is 11.2 Å². The van der Waals surface area contributed by atoms with Crippen LogP contribution in [0.5, 0.6) is 0 Å². The molecule has 0 atom stereocenters. The maximum Gasteiger partial charge on any atom is 0.138 e. The molecular weight excluding hydrogens is 385 g/mol. The van der Waals surface area contributed by atoms with Crippen molar-refractivity contribution >= 4 is 22.8 Å². The Bertz CT molecular complexity index is 1060. The number of nitrogens with zero attached hydrogens (tertiary/aromatic N) is 1. The molecule has 0 spiro atoms. The van der Waals surface area contributed by atoms with Gasteiger partial charge in [-0.15, -0.1) is 0 Å². The molecule has 0 radical (unpaired) electrons. The van der Waals surface area contributed by atoms with E-state index in [1.54, 1.807) is 0 Å². The van der Waals surface area contributed by atoms with Crippen LogP contribution in [0.3, 0.4) is 0 Å². The average Bonchev–Trinajstić information content (AvgIpc) is 3.04. The lowest BCUT2D eigenvalue weighted by Crippen LogP contribution is -2.19. The first kappa shape index (κ1) is 23.0. The average molecular weight is 420 g/mol. The highest BCUT2D eigenvalue weighted by Crippen LogP contribution is 2.38. The molecule has 0 saturated heterocycles. The molecule has 0 aliphatic rings. The second kappa shape index (κ2) is 9.64. The summed E-state index contributed by atoms with van der Waals surface area (Å²) in [6, 6.07) is 15.5. The van der Waals surface area contributed by atoms with Crippen molar-refractivity contribution in [2.75, 3.05) is 0 Å². The molecule has 3 heteroatoms. The van der Waals surface area contributed by atoms with Gasteiger partial charge in [-0.2, -0.15) is 0 Å².